The van der Waals surface area contributed by atoms with Gasteiger partial charge in [0.05, 0.1) is 11.3 Å². The molecule has 19 heavy (non-hydrogen) atoms. The second-order valence-electron chi connectivity index (χ2n) is 5.83. The van der Waals surface area contributed by atoms with Gasteiger partial charge in [0.1, 0.15) is 0 Å². The quantitative estimate of drug-likeness (QED) is 0.630. The largest absolute Gasteiger partial charge is 0.335 e. The van der Waals surface area contributed by atoms with E-state index in [4.69, 9.17) is 5.84 Å². The maximum absolute atomic E-state index is 12.7. The summed E-state index contributed by atoms with van der Waals surface area (Å²) >= 11 is 0. The number of hydrogen-bond donors (Lipinski definition) is 2. The van der Waals surface area contributed by atoms with E-state index in [-0.39, 0.29) is 5.91 Å². The minimum atomic E-state index is 0.127. The Morgan fingerprint density at radius 2 is 2.11 bits per heavy atom. The average molecular weight is 259 g/mol. The average Bonchev–Trinajstić information content (AvgIpc) is 3.27. The zero-order valence-corrected chi connectivity index (χ0v) is 11.4. The summed E-state index contributed by atoms with van der Waals surface area (Å²) in [4.78, 5) is 14.8. The minimum Gasteiger partial charge on any atom is -0.335 e. The number of hydrazine groups is 1. The number of carbonyl (C=O) groups is 1. The van der Waals surface area contributed by atoms with Crippen molar-refractivity contribution in [1.29, 1.82) is 0 Å². The fraction of sp³-hybridized carbons (Fsp3) is 0.533. The Morgan fingerprint density at radius 1 is 1.37 bits per heavy atom. The first-order valence-electron chi connectivity index (χ1n) is 7.07. The number of amides is 1. The zero-order chi connectivity index (χ0) is 13.4. The Balaban J connectivity index is 1.84. The number of nitrogen functional groups attached to an aromatic ring is 1. The summed E-state index contributed by atoms with van der Waals surface area (Å²) in [5, 5.41) is 0. The molecule has 3 rings (SSSR count). The van der Waals surface area contributed by atoms with Crippen molar-refractivity contribution in [2.75, 3.05) is 12.0 Å². The molecule has 0 saturated heterocycles. The molecule has 2 saturated carbocycles. The lowest BCUT2D eigenvalue weighted by Crippen LogP contribution is -2.35. The van der Waals surface area contributed by atoms with Crippen molar-refractivity contribution >= 4 is 11.6 Å². The Hall–Kier alpha value is -1.55. The van der Waals surface area contributed by atoms with Crippen LogP contribution in [-0.2, 0) is 0 Å². The van der Waals surface area contributed by atoms with Crippen LogP contribution in [0.4, 0.5) is 5.69 Å². The molecule has 0 spiro atoms. The molecule has 2 fully saturated rings. The van der Waals surface area contributed by atoms with E-state index in [0.29, 0.717) is 11.6 Å². The molecule has 0 radical (unpaired) electrons. The second kappa shape index (κ2) is 4.85. The van der Waals surface area contributed by atoms with Gasteiger partial charge in [0, 0.05) is 12.6 Å². The molecular formula is C15H21N3O. The monoisotopic (exact) mass is 259 g/mol. The van der Waals surface area contributed by atoms with Crippen LogP contribution >= 0.6 is 0 Å². The highest BCUT2D eigenvalue weighted by Crippen LogP contribution is 2.36. The standard InChI is InChI=1S/C15H21N3O/c1-10-2-7-13(14(8-10)17-16)15(19)18(12-5-6-12)9-11-3-4-11/h2,7-8,11-12,17H,3-6,9,16H2,1H3. The molecule has 1 aromatic carbocycles. The van der Waals surface area contributed by atoms with Crippen LogP contribution < -0.4 is 11.3 Å². The van der Waals surface area contributed by atoms with Crippen molar-refractivity contribution in [3.63, 3.8) is 0 Å². The molecule has 2 aliphatic carbocycles. The van der Waals surface area contributed by atoms with Crippen molar-refractivity contribution in [3.05, 3.63) is 29.3 Å². The van der Waals surface area contributed by atoms with Gasteiger partial charge in [-0.05, 0) is 56.2 Å². The van der Waals surface area contributed by atoms with Crippen LogP contribution in [0, 0.1) is 12.8 Å². The molecule has 3 N–H and O–H groups in total. The Kier molecular flexibility index (Phi) is 3.19. The molecule has 1 aromatic rings. The van der Waals surface area contributed by atoms with E-state index in [1.54, 1.807) is 0 Å². The third kappa shape index (κ3) is 2.73. The normalized spacial score (nSPS) is 18.2. The van der Waals surface area contributed by atoms with E-state index in [1.165, 1.54) is 12.8 Å². The number of nitrogens with one attached hydrogen (secondary N) is 1. The van der Waals surface area contributed by atoms with Gasteiger partial charge in [-0.25, -0.2) is 0 Å². The number of anilines is 1. The summed E-state index contributed by atoms with van der Waals surface area (Å²) in [5.74, 6) is 6.40. The fourth-order valence-electron chi connectivity index (χ4n) is 2.48. The zero-order valence-electron chi connectivity index (χ0n) is 11.4. The summed E-state index contributed by atoms with van der Waals surface area (Å²) in [6, 6.07) is 6.24. The van der Waals surface area contributed by atoms with E-state index in [1.807, 2.05) is 25.1 Å². The van der Waals surface area contributed by atoms with E-state index >= 15 is 0 Å². The fourth-order valence-corrected chi connectivity index (χ4v) is 2.48. The van der Waals surface area contributed by atoms with Crippen molar-refractivity contribution in [3.8, 4) is 0 Å². The van der Waals surface area contributed by atoms with E-state index in [2.05, 4.69) is 10.3 Å². The van der Waals surface area contributed by atoms with Crippen LogP contribution in [0.3, 0.4) is 0 Å². The molecule has 4 heteroatoms. The van der Waals surface area contributed by atoms with Crippen LogP contribution in [0.1, 0.15) is 41.6 Å². The highest BCUT2D eigenvalue weighted by Gasteiger charge is 2.37. The first-order chi connectivity index (χ1) is 9.19. The number of nitrogens with zero attached hydrogens (tertiary/aromatic N) is 1. The SMILES string of the molecule is Cc1ccc(C(=O)N(CC2CC2)C2CC2)c(NN)c1. The number of carbonyl (C=O) groups excluding carboxylic acids is 1. The van der Waals surface area contributed by atoms with Crippen molar-refractivity contribution in [2.24, 2.45) is 11.8 Å². The smallest absolute Gasteiger partial charge is 0.256 e. The molecule has 0 unspecified atom stereocenters. The molecule has 2 aliphatic rings. The maximum atomic E-state index is 12.7. The Bertz CT molecular complexity index is 492. The summed E-state index contributed by atoms with van der Waals surface area (Å²) < 4.78 is 0. The number of benzene rings is 1. The van der Waals surface area contributed by atoms with Crippen LogP contribution in [0.15, 0.2) is 18.2 Å². The third-order valence-corrected chi connectivity index (χ3v) is 3.96. The van der Waals surface area contributed by atoms with Gasteiger partial charge in [0.15, 0.2) is 0 Å². The number of aryl methyl sites for hydroxylation is 1. The third-order valence-electron chi connectivity index (χ3n) is 3.96. The predicted octanol–water partition coefficient (Wildman–Crippen LogP) is 2.30. The van der Waals surface area contributed by atoms with Crippen LogP contribution in [-0.4, -0.2) is 23.4 Å². The summed E-state index contributed by atoms with van der Waals surface area (Å²) in [6.45, 7) is 2.92. The van der Waals surface area contributed by atoms with E-state index < -0.39 is 0 Å². The number of hydrogen-bond acceptors (Lipinski definition) is 3. The van der Waals surface area contributed by atoms with Crippen LogP contribution in [0.2, 0.25) is 0 Å². The number of rotatable bonds is 5. The molecule has 0 aromatic heterocycles. The van der Waals surface area contributed by atoms with Gasteiger partial charge in [-0.1, -0.05) is 6.07 Å². The second-order valence-corrected chi connectivity index (χ2v) is 5.83. The minimum absolute atomic E-state index is 0.127. The lowest BCUT2D eigenvalue weighted by atomic mass is 10.1. The van der Waals surface area contributed by atoms with Gasteiger partial charge in [0.25, 0.3) is 5.91 Å². The molecular weight excluding hydrogens is 238 g/mol. The van der Waals surface area contributed by atoms with Gasteiger partial charge in [0.2, 0.25) is 0 Å². The van der Waals surface area contributed by atoms with Crippen molar-refractivity contribution in [1.82, 2.24) is 4.90 Å². The molecule has 4 nitrogen and oxygen atoms in total. The van der Waals surface area contributed by atoms with Gasteiger partial charge in [-0.3, -0.25) is 10.6 Å². The van der Waals surface area contributed by atoms with Gasteiger partial charge >= 0.3 is 0 Å². The maximum Gasteiger partial charge on any atom is 0.256 e. The molecule has 0 atom stereocenters. The first kappa shape index (κ1) is 12.5. The molecule has 1 amide bonds. The lowest BCUT2D eigenvalue weighted by Gasteiger charge is -2.23. The van der Waals surface area contributed by atoms with E-state index in [9.17, 15) is 4.79 Å². The summed E-state index contributed by atoms with van der Waals surface area (Å²) in [7, 11) is 0. The molecule has 0 heterocycles. The van der Waals surface area contributed by atoms with E-state index in [0.717, 1.165) is 36.6 Å². The van der Waals surface area contributed by atoms with Crippen molar-refractivity contribution < 1.29 is 4.79 Å². The summed E-state index contributed by atoms with van der Waals surface area (Å²) in [6.07, 6.45) is 4.84. The first-order valence-corrected chi connectivity index (χ1v) is 7.07. The lowest BCUT2D eigenvalue weighted by molar-refractivity contribution is 0.0735. The Labute approximate surface area is 113 Å². The highest BCUT2D eigenvalue weighted by atomic mass is 16.2. The molecule has 0 bridgehead atoms. The molecule has 0 aliphatic heterocycles. The van der Waals surface area contributed by atoms with Crippen molar-refractivity contribution in [2.45, 2.75) is 38.6 Å². The summed E-state index contributed by atoms with van der Waals surface area (Å²) in [5.41, 5.74) is 5.18. The highest BCUT2D eigenvalue weighted by molar-refractivity contribution is 6.00. The Morgan fingerprint density at radius 3 is 2.68 bits per heavy atom. The molecule has 102 valence electrons. The van der Waals surface area contributed by atoms with Crippen LogP contribution in [0.25, 0.3) is 0 Å². The van der Waals surface area contributed by atoms with Gasteiger partial charge in [-0.2, -0.15) is 0 Å². The topological polar surface area (TPSA) is 58.4 Å². The predicted molar refractivity (Wildman–Crippen MR) is 75.8 cm³/mol. The van der Waals surface area contributed by atoms with Gasteiger partial charge in [-0.15, -0.1) is 0 Å². The van der Waals surface area contributed by atoms with Crippen LogP contribution in [0.5, 0.6) is 0 Å². The van der Waals surface area contributed by atoms with Gasteiger partial charge < -0.3 is 10.3 Å². The number of nitrogens with two attached hydrogens (primary N) is 1.